The van der Waals surface area contributed by atoms with Crippen molar-refractivity contribution in [3.63, 3.8) is 0 Å². The molecule has 2 atom stereocenters. The topological polar surface area (TPSA) is 58.5 Å². The van der Waals surface area contributed by atoms with Crippen molar-refractivity contribution in [2.24, 2.45) is 16.9 Å². The molecule has 116 valence electrons. The van der Waals surface area contributed by atoms with Gasteiger partial charge in [-0.3, -0.25) is 0 Å². The van der Waals surface area contributed by atoms with Gasteiger partial charge in [0.2, 0.25) is 0 Å². The normalized spacial score (nSPS) is 25.0. The number of sulfonamides is 1. The zero-order valence-corrected chi connectivity index (χ0v) is 14.0. The van der Waals surface area contributed by atoms with E-state index < -0.39 is 10.0 Å². The van der Waals surface area contributed by atoms with Crippen LogP contribution in [0.4, 0.5) is 0 Å². The maximum atomic E-state index is 12.4. The van der Waals surface area contributed by atoms with Crippen molar-refractivity contribution in [1.82, 2.24) is 4.83 Å². The zero-order valence-electron chi connectivity index (χ0n) is 13.2. The van der Waals surface area contributed by atoms with E-state index in [-0.39, 0.29) is 0 Å². The van der Waals surface area contributed by atoms with Gasteiger partial charge < -0.3 is 0 Å². The van der Waals surface area contributed by atoms with Gasteiger partial charge in [-0.05, 0) is 55.7 Å². The average Bonchev–Trinajstić information content (AvgIpc) is 2.41. The quantitative estimate of drug-likeness (QED) is 0.870. The highest BCUT2D eigenvalue weighted by molar-refractivity contribution is 7.89. The second kappa shape index (κ2) is 6.18. The fourth-order valence-corrected chi connectivity index (χ4v) is 4.05. The van der Waals surface area contributed by atoms with Gasteiger partial charge in [-0.1, -0.05) is 32.4 Å². The summed E-state index contributed by atoms with van der Waals surface area (Å²) in [6.07, 6.45) is 3.34. The van der Waals surface area contributed by atoms with E-state index in [2.05, 4.69) is 23.8 Å². The van der Waals surface area contributed by atoms with Gasteiger partial charge in [-0.15, -0.1) is 0 Å². The SMILES string of the molecule is Cc1ccc(C)c(S(=O)(=O)NN=C2[C@H](C)CCC[C@@H]2C)c1. The van der Waals surface area contributed by atoms with Crippen LogP contribution in [-0.2, 0) is 10.0 Å². The van der Waals surface area contributed by atoms with Crippen molar-refractivity contribution in [3.8, 4) is 0 Å². The molecule has 5 heteroatoms. The Kier molecular flexibility index (Phi) is 4.71. The minimum Gasteiger partial charge on any atom is -0.200 e. The molecule has 21 heavy (non-hydrogen) atoms. The molecule has 0 aromatic heterocycles. The molecule has 0 amide bonds. The van der Waals surface area contributed by atoms with Crippen molar-refractivity contribution in [2.75, 3.05) is 0 Å². The van der Waals surface area contributed by atoms with Crippen LogP contribution in [0.1, 0.15) is 44.2 Å². The molecule has 1 aliphatic carbocycles. The molecule has 2 rings (SSSR count). The highest BCUT2D eigenvalue weighted by atomic mass is 32.2. The van der Waals surface area contributed by atoms with Crippen LogP contribution in [0.3, 0.4) is 0 Å². The number of rotatable bonds is 3. The fraction of sp³-hybridized carbons (Fsp3) is 0.562. The first kappa shape index (κ1) is 16.0. The van der Waals surface area contributed by atoms with Crippen molar-refractivity contribution in [3.05, 3.63) is 29.3 Å². The molecule has 1 aromatic rings. The largest absolute Gasteiger partial charge is 0.276 e. The molecule has 0 radical (unpaired) electrons. The van der Waals surface area contributed by atoms with Crippen LogP contribution in [0.2, 0.25) is 0 Å². The van der Waals surface area contributed by atoms with Gasteiger partial charge in [0.15, 0.2) is 0 Å². The highest BCUT2D eigenvalue weighted by Gasteiger charge is 2.24. The lowest BCUT2D eigenvalue weighted by Gasteiger charge is -2.26. The monoisotopic (exact) mass is 308 g/mol. The molecule has 1 aliphatic rings. The Balaban J connectivity index is 2.27. The second-order valence-corrected chi connectivity index (χ2v) is 7.76. The Morgan fingerprint density at radius 2 is 1.76 bits per heavy atom. The predicted octanol–water partition coefficient (Wildman–Crippen LogP) is 3.39. The summed E-state index contributed by atoms with van der Waals surface area (Å²) >= 11 is 0. The Labute approximate surface area is 127 Å². The van der Waals surface area contributed by atoms with E-state index in [4.69, 9.17) is 0 Å². The molecule has 1 saturated carbocycles. The summed E-state index contributed by atoms with van der Waals surface area (Å²) in [4.78, 5) is 2.74. The number of nitrogens with one attached hydrogen (secondary N) is 1. The average molecular weight is 308 g/mol. The Morgan fingerprint density at radius 3 is 2.38 bits per heavy atom. The molecule has 1 fully saturated rings. The van der Waals surface area contributed by atoms with Crippen LogP contribution in [-0.4, -0.2) is 14.1 Å². The van der Waals surface area contributed by atoms with Crippen LogP contribution in [0, 0.1) is 25.7 Å². The van der Waals surface area contributed by atoms with Crippen molar-refractivity contribution < 1.29 is 8.42 Å². The molecular weight excluding hydrogens is 284 g/mol. The second-order valence-electron chi connectivity index (χ2n) is 6.13. The van der Waals surface area contributed by atoms with E-state index in [1.807, 2.05) is 19.1 Å². The van der Waals surface area contributed by atoms with Crippen molar-refractivity contribution >= 4 is 15.7 Å². The summed E-state index contributed by atoms with van der Waals surface area (Å²) in [5.41, 5.74) is 2.63. The Bertz CT molecular complexity index is 638. The van der Waals surface area contributed by atoms with Gasteiger partial charge in [0.05, 0.1) is 4.90 Å². The molecule has 0 aliphatic heterocycles. The van der Waals surface area contributed by atoms with E-state index in [0.717, 1.165) is 29.7 Å². The molecule has 0 spiro atoms. The minimum absolute atomic E-state index is 0.308. The Morgan fingerprint density at radius 1 is 1.14 bits per heavy atom. The summed E-state index contributed by atoms with van der Waals surface area (Å²) in [5, 5.41) is 4.24. The molecule has 1 N–H and O–H groups in total. The maximum Gasteiger partial charge on any atom is 0.276 e. The van der Waals surface area contributed by atoms with Gasteiger partial charge >= 0.3 is 0 Å². The first-order valence-corrected chi connectivity index (χ1v) is 8.96. The molecule has 4 nitrogen and oxygen atoms in total. The number of aryl methyl sites for hydroxylation is 2. The summed E-state index contributed by atoms with van der Waals surface area (Å²) in [6, 6.07) is 5.42. The smallest absolute Gasteiger partial charge is 0.200 e. The van der Waals surface area contributed by atoms with Crippen LogP contribution in [0.25, 0.3) is 0 Å². The molecule has 0 heterocycles. The third-order valence-corrected chi connectivity index (χ3v) is 5.56. The first-order valence-electron chi connectivity index (χ1n) is 7.48. The summed E-state index contributed by atoms with van der Waals surface area (Å²) in [7, 11) is -3.60. The fourth-order valence-electron chi connectivity index (χ4n) is 2.89. The summed E-state index contributed by atoms with van der Waals surface area (Å²) in [5.74, 6) is 0.685. The van der Waals surface area contributed by atoms with E-state index in [0.29, 0.717) is 16.7 Å². The summed E-state index contributed by atoms with van der Waals surface area (Å²) < 4.78 is 24.9. The standard InChI is InChI=1S/C16H24N2O2S/c1-11-8-9-12(2)15(10-11)21(19,20)18-17-16-13(3)6-5-7-14(16)4/h8-10,13-14,18H,5-7H2,1-4H3/t13-,14+. The van der Waals surface area contributed by atoms with Crippen molar-refractivity contribution in [2.45, 2.75) is 51.9 Å². The number of hydrogen-bond acceptors (Lipinski definition) is 3. The molecular formula is C16H24N2O2S. The lowest BCUT2D eigenvalue weighted by molar-refractivity contribution is 0.483. The molecule has 0 unspecified atom stereocenters. The zero-order chi connectivity index (χ0) is 15.6. The van der Waals surface area contributed by atoms with Crippen LogP contribution in [0.5, 0.6) is 0 Å². The number of benzene rings is 1. The molecule has 0 saturated heterocycles. The number of hydrogen-bond donors (Lipinski definition) is 1. The lowest BCUT2D eigenvalue weighted by atomic mass is 9.81. The maximum absolute atomic E-state index is 12.4. The van der Waals surface area contributed by atoms with Gasteiger partial charge in [0.25, 0.3) is 10.0 Å². The van der Waals surface area contributed by atoms with E-state index >= 15 is 0 Å². The van der Waals surface area contributed by atoms with Crippen LogP contribution in [0.15, 0.2) is 28.2 Å². The van der Waals surface area contributed by atoms with E-state index in [1.54, 1.807) is 13.0 Å². The van der Waals surface area contributed by atoms with Crippen LogP contribution >= 0.6 is 0 Å². The molecule has 0 bridgehead atoms. The van der Waals surface area contributed by atoms with Crippen LogP contribution < -0.4 is 4.83 Å². The number of nitrogens with zero attached hydrogens (tertiary/aromatic N) is 1. The van der Waals surface area contributed by atoms with Gasteiger partial charge in [0.1, 0.15) is 0 Å². The predicted molar refractivity (Wildman–Crippen MR) is 85.9 cm³/mol. The van der Waals surface area contributed by atoms with Crippen molar-refractivity contribution in [1.29, 1.82) is 0 Å². The summed E-state index contributed by atoms with van der Waals surface area (Å²) in [6.45, 7) is 7.91. The lowest BCUT2D eigenvalue weighted by Crippen LogP contribution is -2.29. The highest BCUT2D eigenvalue weighted by Crippen LogP contribution is 2.26. The van der Waals surface area contributed by atoms with Gasteiger partial charge in [-0.2, -0.15) is 13.5 Å². The Hall–Kier alpha value is -1.36. The minimum atomic E-state index is -3.60. The number of hydrazone groups is 1. The third-order valence-electron chi connectivity index (χ3n) is 4.21. The van der Waals surface area contributed by atoms with E-state index in [9.17, 15) is 8.42 Å². The third kappa shape index (κ3) is 3.64. The van der Waals surface area contributed by atoms with Gasteiger partial charge in [0, 0.05) is 5.71 Å². The molecule has 1 aromatic carbocycles. The van der Waals surface area contributed by atoms with Gasteiger partial charge in [-0.25, -0.2) is 4.83 Å². The first-order chi connectivity index (χ1) is 9.81. The van der Waals surface area contributed by atoms with E-state index in [1.165, 1.54) is 6.42 Å².